The van der Waals surface area contributed by atoms with Gasteiger partial charge in [0.15, 0.2) is 0 Å². The van der Waals surface area contributed by atoms with Crippen molar-refractivity contribution in [2.24, 2.45) is 5.92 Å². The van der Waals surface area contributed by atoms with Gasteiger partial charge in [-0.25, -0.2) is 0 Å². The van der Waals surface area contributed by atoms with Crippen LogP contribution in [-0.4, -0.2) is 18.2 Å². The maximum Gasteiger partial charge on any atom is 0.224 e. The highest BCUT2D eigenvalue weighted by atomic mass is 32.1. The first-order valence-electron chi connectivity index (χ1n) is 7.26. The molecule has 3 heteroatoms. The van der Waals surface area contributed by atoms with Gasteiger partial charge in [-0.15, -0.1) is 0 Å². The molecular formula is C18H21NOS. The standard InChI is InChI=1S/C18H21NOS/c20-18(19-12-11-15-7-3-1-4-8-15)17(14-21)13-16-9-5-2-6-10-16/h1-10,17,21H,11-14H2,(H,19,20). The summed E-state index contributed by atoms with van der Waals surface area (Å²) in [6.07, 6.45) is 1.60. The second-order valence-corrected chi connectivity index (χ2v) is 5.46. The number of amides is 1. The summed E-state index contributed by atoms with van der Waals surface area (Å²) in [6.45, 7) is 0.669. The van der Waals surface area contributed by atoms with Crippen LogP contribution in [0.5, 0.6) is 0 Å². The van der Waals surface area contributed by atoms with Gasteiger partial charge in [0, 0.05) is 12.3 Å². The number of carbonyl (C=O) groups excluding carboxylic acids is 1. The highest BCUT2D eigenvalue weighted by Crippen LogP contribution is 2.10. The van der Waals surface area contributed by atoms with Crippen LogP contribution in [0.4, 0.5) is 0 Å². The van der Waals surface area contributed by atoms with E-state index in [0.29, 0.717) is 12.3 Å². The van der Waals surface area contributed by atoms with Gasteiger partial charge in [-0.05, 0) is 24.0 Å². The van der Waals surface area contributed by atoms with Crippen LogP contribution >= 0.6 is 12.6 Å². The van der Waals surface area contributed by atoms with Gasteiger partial charge in [0.25, 0.3) is 0 Å². The Balaban J connectivity index is 1.80. The van der Waals surface area contributed by atoms with E-state index in [4.69, 9.17) is 0 Å². The van der Waals surface area contributed by atoms with Gasteiger partial charge >= 0.3 is 0 Å². The highest BCUT2D eigenvalue weighted by molar-refractivity contribution is 7.80. The Labute approximate surface area is 132 Å². The van der Waals surface area contributed by atoms with Gasteiger partial charge in [0.1, 0.15) is 0 Å². The van der Waals surface area contributed by atoms with Crippen LogP contribution in [0.3, 0.4) is 0 Å². The van der Waals surface area contributed by atoms with Crippen LogP contribution in [-0.2, 0) is 17.6 Å². The topological polar surface area (TPSA) is 29.1 Å². The SMILES string of the molecule is O=C(NCCc1ccccc1)C(CS)Cc1ccccc1. The molecule has 0 heterocycles. The summed E-state index contributed by atoms with van der Waals surface area (Å²) < 4.78 is 0. The Morgan fingerprint density at radius 1 is 0.952 bits per heavy atom. The molecule has 1 N–H and O–H groups in total. The number of nitrogens with one attached hydrogen (secondary N) is 1. The number of thiol groups is 1. The third kappa shape index (κ3) is 5.27. The molecule has 21 heavy (non-hydrogen) atoms. The van der Waals surface area contributed by atoms with E-state index in [0.717, 1.165) is 12.8 Å². The van der Waals surface area contributed by atoms with Crippen molar-refractivity contribution >= 4 is 18.5 Å². The molecule has 0 saturated carbocycles. The van der Waals surface area contributed by atoms with E-state index in [-0.39, 0.29) is 11.8 Å². The predicted molar refractivity (Wildman–Crippen MR) is 90.6 cm³/mol. The third-order valence-corrected chi connectivity index (χ3v) is 3.91. The molecule has 2 aromatic carbocycles. The fourth-order valence-corrected chi connectivity index (χ4v) is 2.55. The average Bonchev–Trinajstić information content (AvgIpc) is 2.54. The Bertz CT molecular complexity index is 542. The molecule has 0 radical (unpaired) electrons. The lowest BCUT2D eigenvalue weighted by atomic mass is 10.00. The zero-order chi connectivity index (χ0) is 14.9. The van der Waals surface area contributed by atoms with Crippen LogP contribution in [0.1, 0.15) is 11.1 Å². The molecule has 0 bridgehead atoms. The van der Waals surface area contributed by atoms with E-state index in [9.17, 15) is 4.79 Å². The van der Waals surface area contributed by atoms with Crippen molar-refractivity contribution in [2.75, 3.05) is 12.3 Å². The first kappa shape index (κ1) is 15.6. The van der Waals surface area contributed by atoms with E-state index in [1.54, 1.807) is 0 Å². The number of benzene rings is 2. The van der Waals surface area contributed by atoms with Crippen LogP contribution in [0.2, 0.25) is 0 Å². The number of rotatable bonds is 7. The molecule has 0 saturated heterocycles. The highest BCUT2D eigenvalue weighted by Gasteiger charge is 2.16. The van der Waals surface area contributed by atoms with E-state index in [2.05, 4.69) is 30.1 Å². The number of carbonyl (C=O) groups is 1. The van der Waals surface area contributed by atoms with E-state index >= 15 is 0 Å². The normalized spacial score (nSPS) is 11.9. The molecule has 0 aliphatic carbocycles. The second-order valence-electron chi connectivity index (χ2n) is 5.10. The van der Waals surface area contributed by atoms with Crippen molar-refractivity contribution in [1.29, 1.82) is 0 Å². The summed E-state index contributed by atoms with van der Waals surface area (Å²) >= 11 is 4.32. The Hall–Kier alpha value is -1.74. The molecule has 0 aromatic heterocycles. The minimum atomic E-state index is -0.0773. The molecule has 0 spiro atoms. The maximum absolute atomic E-state index is 12.2. The quantitative estimate of drug-likeness (QED) is 0.756. The van der Waals surface area contributed by atoms with Crippen LogP contribution in [0, 0.1) is 5.92 Å². The summed E-state index contributed by atoms with van der Waals surface area (Å²) in [7, 11) is 0. The van der Waals surface area contributed by atoms with Crippen molar-refractivity contribution in [3.05, 3.63) is 71.8 Å². The number of hydrogen-bond acceptors (Lipinski definition) is 2. The van der Waals surface area contributed by atoms with Gasteiger partial charge in [-0.2, -0.15) is 12.6 Å². The molecular weight excluding hydrogens is 278 g/mol. The third-order valence-electron chi connectivity index (χ3n) is 3.47. The zero-order valence-corrected chi connectivity index (χ0v) is 12.9. The van der Waals surface area contributed by atoms with Crippen molar-refractivity contribution in [2.45, 2.75) is 12.8 Å². The molecule has 1 atom stereocenters. The van der Waals surface area contributed by atoms with E-state index in [1.165, 1.54) is 11.1 Å². The van der Waals surface area contributed by atoms with Crippen molar-refractivity contribution in [1.82, 2.24) is 5.32 Å². The van der Waals surface area contributed by atoms with Gasteiger partial charge in [-0.1, -0.05) is 60.7 Å². The fraction of sp³-hybridized carbons (Fsp3) is 0.278. The molecule has 2 nitrogen and oxygen atoms in total. The predicted octanol–water partition coefficient (Wildman–Crippen LogP) is 3.13. The smallest absolute Gasteiger partial charge is 0.224 e. The summed E-state index contributed by atoms with van der Waals surface area (Å²) in [6, 6.07) is 20.3. The molecule has 1 unspecified atom stereocenters. The zero-order valence-electron chi connectivity index (χ0n) is 12.0. The molecule has 0 fully saturated rings. The summed E-state index contributed by atoms with van der Waals surface area (Å²) in [5, 5.41) is 3.01. The van der Waals surface area contributed by atoms with Gasteiger partial charge in [-0.3, -0.25) is 4.79 Å². The number of hydrogen-bond donors (Lipinski definition) is 2. The monoisotopic (exact) mass is 299 g/mol. The Kier molecular flexibility index (Phi) is 6.35. The van der Waals surface area contributed by atoms with Crippen molar-refractivity contribution in [3.63, 3.8) is 0 Å². The summed E-state index contributed by atoms with van der Waals surface area (Å²) in [5.41, 5.74) is 2.41. The lowest BCUT2D eigenvalue weighted by Crippen LogP contribution is -2.34. The molecule has 1 amide bonds. The summed E-state index contributed by atoms with van der Waals surface area (Å²) in [4.78, 5) is 12.2. The molecule has 0 aliphatic rings. The lowest BCUT2D eigenvalue weighted by Gasteiger charge is -2.14. The molecule has 2 aromatic rings. The fourth-order valence-electron chi connectivity index (χ4n) is 2.26. The minimum Gasteiger partial charge on any atom is -0.355 e. The van der Waals surface area contributed by atoms with Crippen LogP contribution in [0.25, 0.3) is 0 Å². The van der Waals surface area contributed by atoms with Gasteiger partial charge in [0.2, 0.25) is 5.91 Å². The molecule has 110 valence electrons. The van der Waals surface area contributed by atoms with Gasteiger partial charge < -0.3 is 5.32 Å². The van der Waals surface area contributed by atoms with E-state index in [1.807, 2.05) is 48.5 Å². The lowest BCUT2D eigenvalue weighted by molar-refractivity contribution is -0.124. The Morgan fingerprint density at radius 3 is 2.10 bits per heavy atom. The average molecular weight is 299 g/mol. The molecule has 2 rings (SSSR count). The largest absolute Gasteiger partial charge is 0.355 e. The Morgan fingerprint density at radius 2 is 1.52 bits per heavy atom. The minimum absolute atomic E-state index is 0.0773. The second kappa shape index (κ2) is 8.53. The van der Waals surface area contributed by atoms with E-state index < -0.39 is 0 Å². The van der Waals surface area contributed by atoms with Gasteiger partial charge in [0.05, 0.1) is 5.92 Å². The first-order chi connectivity index (χ1) is 10.3. The van der Waals surface area contributed by atoms with Crippen LogP contribution < -0.4 is 5.32 Å². The maximum atomic E-state index is 12.2. The van der Waals surface area contributed by atoms with Crippen molar-refractivity contribution < 1.29 is 4.79 Å². The molecule has 0 aliphatic heterocycles. The summed E-state index contributed by atoms with van der Waals surface area (Å²) in [5.74, 6) is 0.572. The van der Waals surface area contributed by atoms with Crippen molar-refractivity contribution in [3.8, 4) is 0 Å². The first-order valence-corrected chi connectivity index (χ1v) is 7.89. The van der Waals surface area contributed by atoms with Crippen LogP contribution in [0.15, 0.2) is 60.7 Å².